The molecule has 0 heterocycles. The van der Waals surface area contributed by atoms with Crippen molar-refractivity contribution in [3.63, 3.8) is 0 Å². The van der Waals surface area contributed by atoms with Crippen molar-refractivity contribution in [1.82, 2.24) is 5.32 Å². The first kappa shape index (κ1) is 12.7. The third-order valence-corrected chi connectivity index (χ3v) is 1.98. The Balaban J connectivity index is 3.45. The van der Waals surface area contributed by atoms with E-state index in [9.17, 15) is 5.11 Å². The van der Waals surface area contributed by atoms with Crippen molar-refractivity contribution >= 4 is 0 Å². The van der Waals surface area contributed by atoms with Crippen molar-refractivity contribution in [2.45, 2.75) is 39.2 Å². The monoisotopic (exact) mass is 185 g/mol. The molecule has 0 fully saturated rings. The van der Waals surface area contributed by atoms with E-state index in [4.69, 9.17) is 0 Å². The van der Waals surface area contributed by atoms with Gasteiger partial charge in [-0.2, -0.15) is 0 Å². The number of nitrogens with one attached hydrogen (secondary N) is 1. The first-order valence-electron chi connectivity index (χ1n) is 5.02. The third-order valence-electron chi connectivity index (χ3n) is 1.98. The first-order valence-corrected chi connectivity index (χ1v) is 5.02. The molecule has 78 valence electrons. The molecule has 0 aliphatic carbocycles. The van der Waals surface area contributed by atoms with Crippen LogP contribution in [0.15, 0.2) is 12.7 Å². The van der Waals surface area contributed by atoms with Gasteiger partial charge in [-0.1, -0.05) is 19.9 Å². The van der Waals surface area contributed by atoms with Crippen molar-refractivity contribution in [2.75, 3.05) is 13.1 Å². The topological polar surface area (TPSA) is 32.3 Å². The summed E-state index contributed by atoms with van der Waals surface area (Å²) in [4.78, 5) is 0. The van der Waals surface area contributed by atoms with Gasteiger partial charge in [-0.3, -0.25) is 0 Å². The average Bonchev–Trinajstić information content (AvgIpc) is 1.98. The largest absolute Gasteiger partial charge is 0.390 e. The van der Waals surface area contributed by atoms with Gasteiger partial charge in [0.15, 0.2) is 0 Å². The smallest absolute Gasteiger partial charge is 0.0666 e. The van der Waals surface area contributed by atoms with Crippen LogP contribution in [0.4, 0.5) is 0 Å². The molecule has 0 aromatic carbocycles. The predicted molar refractivity (Wildman–Crippen MR) is 57.8 cm³/mol. The maximum atomic E-state index is 9.77. The molecule has 13 heavy (non-hydrogen) atoms. The highest BCUT2D eigenvalue weighted by molar-refractivity contribution is 4.83. The fourth-order valence-electron chi connectivity index (χ4n) is 1.16. The molecule has 2 N–H and O–H groups in total. The van der Waals surface area contributed by atoms with Gasteiger partial charge >= 0.3 is 0 Å². The second kappa shape index (κ2) is 6.17. The SMILES string of the molecule is C=CCC(C)(O)CCNCC(C)C. The number of aliphatic hydroxyl groups is 1. The van der Waals surface area contributed by atoms with Gasteiger partial charge in [0, 0.05) is 0 Å². The van der Waals surface area contributed by atoms with Crippen LogP contribution in [0.25, 0.3) is 0 Å². The quantitative estimate of drug-likeness (QED) is 0.469. The van der Waals surface area contributed by atoms with Crippen LogP contribution in [-0.4, -0.2) is 23.8 Å². The highest BCUT2D eigenvalue weighted by Crippen LogP contribution is 2.13. The Hall–Kier alpha value is -0.340. The summed E-state index contributed by atoms with van der Waals surface area (Å²) in [5, 5.41) is 13.1. The molecule has 0 bridgehead atoms. The minimum absolute atomic E-state index is 0.592. The van der Waals surface area contributed by atoms with Gasteiger partial charge in [-0.05, 0) is 38.8 Å². The normalized spacial score (nSPS) is 15.8. The van der Waals surface area contributed by atoms with Crippen molar-refractivity contribution in [3.05, 3.63) is 12.7 Å². The Morgan fingerprint density at radius 2 is 2.15 bits per heavy atom. The summed E-state index contributed by atoms with van der Waals surface area (Å²) in [5.74, 6) is 0.671. The minimum atomic E-state index is -0.592. The lowest BCUT2D eigenvalue weighted by Crippen LogP contribution is -2.30. The van der Waals surface area contributed by atoms with Crippen LogP contribution in [0.3, 0.4) is 0 Å². The standard InChI is InChI=1S/C11H23NO/c1-5-6-11(4,13)7-8-12-9-10(2)3/h5,10,12-13H,1,6-9H2,2-4H3. The van der Waals surface area contributed by atoms with Gasteiger partial charge in [-0.25, -0.2) is 0 Å². The van der Waals surface area contributed by atoms with Crippen LogP contribution < -0.4 is 5.32 Å². The summed E-state index contributed by atoms with van der Waals surface area (Å²) in [5.41, 5.74) is -0.592. The zero-order valence-corrected chi connectivity index (χ0v) is 9.14. The second-order valence-electron chi connectivity index (χ2n) is 4.34. The van der Waals surface area contributed by atoms with E-state index >= 15 is 0 Å². The molecule has 1 atom stereocenters. The first-order chi connectivity index (χ1) is 5.98. The fraction of sp³-hybridized carbons (Fsp3) is 0.818. The number of hydrogen-bond donors (Lipinski definition) is 2. The lowest BCUT2D eigenvalue weighted by Gasteiger charge is -2.21. The predicted octanol–water partition coefficient (Wildman–Crippen LogP) is 1.95. The molecule has 0 aromatic rings. The molecular formula is C11H23NO. The summed E-state index contributed by atoms with van der Waals surface area (Å²) < 4.78 is 0. The van der Waals surface area contributed by atoms with Crippen molar-refractivity contribution < 1.29 is 5.11 Å². The summed E-state index contributed by atoms with van der Waals surface area (Å²) in [6, 6.07) is 0. The van der Waals surface area contributed by atoms with Crippen molar-refractivity contribution in [1.29, 1.82) is 0 Å². The number of hydrogen-bond acceptors (Lipinski definition) is 2. The summed E-state index contributed by atoms with van der Waals surface area (Å²) in [6.45, 7) is 11.7. The Morgan fingerprint density at radius 3 is 2.62 bits per heavy atom. The van der Waals surface area contributed by atoms with E-state index in [1.165, 1.54) is 0 Å². The van der Waals surface area contributed by atoms with Crippen LogP contribution >= 0.6 is 0 Å². The molecule has 0 amide bonds. The molecule has 0 rings (SSSR count). The van der Waals surface area contributed by atoms with Gasteiger partial charge in [0.25, 0.3) is 0 Å². The van der Waals surface area contributed by atoms with Crippen LogP contribution in [0.5, 0.6) is 0 Å². The second-order valence-corrected chi connectivity index (χ2v) is 4.34. The lowest BCUT2D eigenvalue weighted by atomic mass is 9.98. The van der Waals surface area contributed by atoms with E-state index in [-0.39, 0.29) is 0 Å². The zero-order chi connectivity index (χ0) is 10.3. The molecule has 0 spiro atoms. The molecule has 0 aromatic heterocycles. The van der Waals surface area contributed by atoms with E-state index < -0.39 is 5.60 Å². The molecule has 2 heteroatoms. The average molecular weight is 185 g/mol. The van der Waals surface area contributed by atoms with Gasteiger partial charge in [0.05, 0.1) is 5.60 Å². The molecular weight excluding hydrogens is 162 g/mol. The van der Waals surface area contributed by atoms with E-state index in [0.717, 1.165) is 19.5 Å². The van der Waals surface area contributed by atoms with E-state index in [0.29, 0.717) is 12.3 Å². The maximum Gasteiger partial charge on any atom is 0.0666 e. The zero-order valence-electron chi connectivity index (χ0n) is 9.14. The van der Waals surface area contributed by atoms with Crippen molar-refractivity contribution in [2.24, 2.45) is 5.92 Å². The highest BCUT2D eigenvalue weighted by atomic mass is 16.3. The summed E-state index contributed by atoms with van der Waals surface area (Å²) >= 11 is 0. The summed E-state index contributed by atoms with van der Waals surface area (Å²) in [7, 11) is 0. The highest BCUT2D eigenvalue weighted by Gasteiger charge is 2.16. The molecule has 1 unspecified atom stereocenters. The number of rotatable bonds is 7. The molecule has 0 saturated heterocycles. The maximum absolute atomic E-state index is 9.77. The Kier molecular flexibility index (Phi) is 6.00. The van der Waals surface area contributed by atoms with Crippen LogP contribution in [0.2, 0.25) is 0 Å². The van der Waals surface area contributed by atoms with Crippen LogP contribution in [0.1, 0.15) is 33.6 Å². The van der Waals surface area contributed by atoms with Gasteiger partial charge in [0.2, 0.25) is 0 Å². The Morgan fingerprint density at radius 1 is 1.54 bits per heavy atom. The van der Waals surface area contributed by atoms with Crippen LogP contribution in [-0.2, 0) is 0 Å². The van der Waals surface area contributed by atoms with E-state index in [2.05, 4.69) is 25.7 Å². The molecule has 2 nitrogen and oxygen atoms in total. The third kappa shape index (κ3) is 8.00. The van der Waals surface area contributed by atoms with Gasteiger partial charge < -0.3 is 10.4 Å². The lowest BCUT2D eigenvalue weighted by molar-refractivity contribution is 0.0542. The summed E-state index contributed by atoms with van der Waals surface area (Å²) in [6.07, 6.45) is 3.21. The molecule has 0 saturated carbocycles. The fourth-order valence-corrected chi connectivity index (χ4v) is 1.16. The Bertz CT molecular complexity index is 141. The van der Waals surface area contributed by atoms with E-state index in [1.807, 2.05) is 6.92 Å². The molecule has 0 radical (unpaired) electrons. The van der Waals surface area contributed by atoms with Gasteiger partial charge in [0.1, 0.15) is 0 Å². The van der Waals surface area contributed by atoms with E-state index in [1.54, 1.807) is 6.08 Å². The molecule has 0 aliphatic rings. The Labute approximate surface area is 82.0 Å². The molecule has 0 aliphatic heterocycles. The van der Waals surface area contributed by atoms with Crippen LogP contribution in [0, 0.1) is 5.92 Å². The van der Waals surface area contributed by atoms with Gasteiger partial charge in [-0.15, -0.1) is 6.58 Å². The minimum Gasteiger partial charge on any atom is -0.390 e. The van der Waals surface area contributed by atoms with Crippen molar-refractivity contribution in [3.8, 4) is 0 Å².